The summed E-state index contributed by atoms with van der Waals surface area (Å²) in [6.45, 7) is 1.70. The first-order valence-corrected chi connectivity index (χ1v) is 7.67. The lowest BCUT2D eigenvalue weighted by atomic mass is 9.87. The maximum absolute atomic E-state index is 12.1. The van der Waals surface area contributed by atoms with Gasteiger partial charge in [-0.1, -0.05) is 0 Å². The quantitative estimate of drug-likeness (QED) is 0.724. The van der Waals surface area contributed by atoms with E-state index in [9.17, 15) is 14.4 Å². The Balaban J connectivity index is 1.52. The molecule has 3 aliphatic heterocycles. The van der Waals surface area contributed by atoms with E-state index in [2.05, 4.69) is 5.32 Å². The van der Waals surface area contributed by atoms with Crippen LogP contribution in [-0.2, 0) is 19.2 Å². The molecule has 1 atom stereocenters. The number of amides is 3. The SMILES string of the molecule is CNC1COC2(CCN(C(=O)ON3C(=O)CCC3=O)CC2)C1. The van der Waals surface area contributed by atoms with Gasteiger partial charge in [0.2, 0.25) is 0 Å². The highest BCUT2D eigenvalue weighted by Gasteiger charge is 2.44. The number of hydrogen-bond acceptors (Lipinski definition) is 6. The maximum atomic E-state index is 12.1. The van der Waals surface area contributed by atoms with Crippen LogP contribution in [0.1, 0.15) is 32.1 Å². The summed E-state index contributed by atoms with van der Waals surface area (Å²) in [6.07, 6.45) is 1.99. The Kier molecular flexibility index (Phi) is 4.05. The van der Waals surface area contributed by atoms with Gasteiger partial charge in [0.25, 0.3) is 11.8 Å². The van der Waals surface area contributed by atoms with Crippen molar-refractivity contribution < 1.29 is 24.0 Å². The van der Waals surface area contributed by atoms with E-state index in [1.54, 1.807) is 0 Å². The van der Waals surface area contributed by atoms with Crippen LogP contribution in [0.3, 0.4) is 0 Å². The van der Waals surface area contributed by atoms with E-state index < -0.39 is 17.9 Å². The molecule has 1 unspecified atom stereocenters. The van der Waals surface area contributed by atoms with Gasteiger partial charge in [-0.15, -0.1) is 5.06 Å². The van der Waals surface area contributed by atoms with E-state index in [-0.39, 0.29) is 18.4 Å². The molecule has 3 amide bonds. The summed E-state index contributed by atoms with van der Waals surface area (Å²) in [6, 6.07) is 0.360. The van der Waals surface area contributed by atoms with Gasteiger partial charge >= 0.3 is 6.09 Å². The molecule has 0 bridgehead atoms. The van der Waals surface area contributed by atoms with Crippen LogP contribution in [0.25, 0.3) is 0 Å². The largest absolute Gasteiger partial charge is 0.434 e. The number of carbonyl (C=O) groups is 3. The van der Waals surface area contributed by atoms with E-state index in [1.807, 2.05) is 7.05 Å². The molecule has 0 aromatic rings. The molecular formula is C14H21N3O5. The summed E-state index contributed by atoms with van der Waals surface area (Å²) >= 11 is 0. The monoisotopic (exact) mass is 311 g/mol. The van der Waals surface area contributed by atoms with Gasteiger partial charge in [0, 0.05) is 32.0 Å². The lowest BCUT2D eigenvalue weighted by Crippen LogP contribution is -2.48. The normalized spacial score (nSPS) is 27.8. The van der Waals surface area contributed by atoms with Crippen molar-refractivity contribution in [2.24, 2.45) is 0 Å². The van der Waals surface area contributed by atoms with Crippen molar-refractivity contribution in [3.05, 3.63) is 0 Å². The maximum Gasteiger partial charge on any atom is 0.434 e. The molecule has 1 spiro atoms. The molecule has 0 aliphatic carbocycles. The molecule has 0 aromatic carbocycles. The molecule has 0 aromatic heterocycles. The van der Waals surface area contributed by atoms with Crippen molar-refractivity contribution in [1.82, 2.24) is 15.3 Å². The third kappa shape index (κ3) is 2.80. The van der Waals surface area contributed by atoms with Crippen LogP contribution >= 0.6 is 0 Å². The highest BCUT2D eigenvalue weighted by molar-refractivity contribution is 6.01. The zero-order valence-corrected chi connectivity index (χ0v) is 12.7. The lowest BCUT2D eigenvalue weighted by Gasteiger charge is -2.38. The Bertz CT molecular complexity index is 471. The van der Waals surface area contributed by atoms with Crippen LogP contribution in [0.15, 0.2) is 0 Å². The minimum absolute atomic E-state index is 0.106. The Hall–Kier alpha value is -1.67. The van der Waals surface area contributed by atoms with Crippen molar-refractivity contribution in [3.8, 4) is 0 Å². The van der Waals surface area contributed by atoms with Crippen molar-refractivity contribution in [2.75, 3.05) is 26.7 Å². The van der Waals surface area contributed by atoms with Gasteiger partial charge in [0.1, 0.15) is 0 Å². The average Bonchev–Trinajstić information content (AvgIpc) is 3.06. The van der Waals surface area contributed by atoms with Gasteiger partial charge in [-0.2, -0.15) is 0 Å². The summed E-state index contributed by atoms with van der Waals surface area (Å²) in [4.78, 5) is 41.5. The topological polar surface area (TPSA) is 88.2 Å². The van der Waals surface area contributed by atoms with Gasteiger partial charge in [-0.3, -0.25) is 9.59 Å². The molecule has 0 saturated carbocycles. The summed E-state index contributed by atoms with van der Waals surface area (Å²) < 4.78 is 5.92. The molecule has 0 radical (unpaired) electrons. The highest BCUT2D eigenvalue weighted by atomic mass is 16.7. The number of likely N-dealkylation sites (N-methyl/N-ethyl adjacent to an activating group) is 1. The number of nitrogens with one attached hydrogen (secondary N) is 1. The molecule has 8 nitrogen and oxygen atoms in total. The van der Waals surface area contributed by atoms with Crippen molar-refractivity contribution in [1.29, 1.82) is 0 Å². The lowest BCUT2D eigenvalue weighted by molar-refractivity contribution is -0.174. The van der Waals surface area contributed by atoms with Crippen LogP contribution in [-0.4, -0.2) is 66.3 Å². The molecular weight excluding hydrogens is 290 g/mol. The number of imide groups is 1. The number of hydrogen-bond donors (Lipinski definition) is 1. The van der Waals surface area contributed by atoms with E-state index in [4.69, 9.17) is 9.57 Å². The molecule has 122 valence electrons. The molecule has 22 heavy (non-hydrogen) atoms. The van der Waals surface area contributed by atoms with Crippen LogP contribution < -0.4 is 5.32 Å². The second-order valence-electron chi connectivity index (χ2n) is 6.11. The summed E-state index contributed by atoms with van der Waals surface area (Å²) in [5.74, 6) is -0.911. The first-order chi connectivity index (χ1) is 10.5. The van der Waals surface area contributed by atoms with Crippen molar-refractivity contribution >= 4 is 17.9 Å². The standard InChI is InChI=1S/C14H21N3O5/c1-15-10-8-14(21-9-10)4-6-16(7-5-14)13(20)22-17-11(18)2-3-12(17)19/h10,15H,2-9H2,1H3. The van der Waals surface area contributed by atoms with Crippen LogP contribution in [0.4, 0.5) is 4.79 Å². The average molecular weight is 311 g/mol. The number of piperidine rings is 1. The van der Waals surface area contributed by atoms with Crippen LogP contribution in [0.2, 0.25) is 0 Å². The predicted octanol–water partition coefficient (Wildman–Crippen LogP) is 0.0299. The van der Waals surface area contributed by atoms with Crippen molar-refractivity contribution in [2.45, 2.75) is 43.7 Å². The fourth-order valence-corrected chi connectivity index (χ4v) is 3.27. The van der Waals surface area contributed by atoms with Crippen molar-refractivity contribution in [3.63, 3.8) is 0 Å². The van der Waals surface area contributed by atoms with Gasteiger partial charge < -0.3 is 19.8 Å². The van der Waals surface area contributed by atoms with E-state index >= 15 is 0 Å². The minimum atomic E-state index is -0.637. The van der Waals surface area contributed by atoms with Gasteiger partial charge in [0.15, 0.2) is 0 Å². The van der Waals surface area contributed by atoms with Crippen LogP contribution in [0, 0.1) is 0 Å². The molecule has 3 aliphatic rings. The third-order valence-corrected chi connectivity index (χ3v) is 4.73. The number of rotatable bonds is 2. The second kappa shape index (κ2) is 5.85. The second-order valence-corrected chi connectivity index (χ2v) is 6.11. The van der Waals surface area contributed by atoms with E-state index in [0.717, 1.165) is 19.3 Å². The smallest absolute Gasteiger partial charge is 0.373 e. The highest BCUT2D eigenvalue weighted by Crippen LogP contribution is 2.36. The van der Waals surface area contributed by atoms with Crippen LogP contribution in [0.5, 0.6) is 0 Å². The zero-order chi connectivity index (χ0) is 15.7. The molecule has 8 heteroatoms. The first kappa shape index (κ1) is 15.2. The first-order valence-electron chi connectivity index (χ1n) is 7.67. The molecule has 3 saturated heterocycles. The molecule has 3 heterocycles. The Labute approximate surface area is 128 Å². The van der Waals surface area contributed by atoms with Gasteiger partial charge in [0.05, 0.1) is 12.2 Å². The number of nitrogens with zero attached hydrogens (tertiary/aromatic N) is 2. The fourth-order valence-electron chi connectivity index (χ4n) is 3.27. The number of ether oxygens (including phenoxy) is 1. The summed E-state index contributed by atoms with van der Waals surface area (Å²) in [7, 11) is 1.92. The van der Waals surface area contributed by atoms with E-state index in [0.29, 0.717) is 30.8 Å². The van der Waals surface area contributed by atoms with E-state index in [1.165, 1.54) is 4.90 Å². The third-order valence-electron chi connectivity index (χ3n) is 4.73. The number of carbonyl (C=O) groups excluding carboxylic acids is 3. The zero-order valence-electron chi connectivity index (χ0n) is 12.7. The molecule has 3 rings (SSSR count). The van der Waals surface area contributed by atoms with Gasteiger partial charge in [-0.25, -0.2) is 4.79 Å². The minimum Gasteiger partial charge on any atom is -0.373 e. The summed E-state index contributed by atoms with van der Waals surface area (Å²) in [5.41, 5.74) is -0.163. The number of hydroxylamine groups is 2. The Morgan fingerprint density at radius 3 is 2.45 bits per heavy atom. The molecule has 1 N–H and O–H groups in total. The van der Waals surface area contributed by atoms with Gasteiger partial charge in [-0.05, 0) is 26.3 Å². The Morgan fingerprint density at radius 1 is 1.27 bits per heavy atom. The predicted molar refractivity (Wildman–Crippen MR) is 74.5 cm³/mol. The summed E-state index contributed by atoms with van der Waals surface area (Å²) in [5, 5.41) is 3.81. The number of likely N-dealkylation sites (tertiary alicyclic amines) is 1. The molecule has 3 fully saturated rings. The Morgan fingerprint density at radius 2 is 1.91 bits per heavy atom. The fraction of sp³-hybridized carbons (Fsp3) is 0.786.